The first-order valence-corrected chi connectivity index (χ1v) is 13.4. The van der Waals surface area contributed by atoms with Crippen molar-refractivity contribution in [1.82, 2.24) is 14.7 Å². The van der Waals surface area contributed by atoms with Crippen LogP contribution in [0, 0.1) is 13.8 Å². The quantitative estimate of drug-likeness (QED) is 0.280. The predicted molar refractivity (Wildman–Crippen MR) is 149 cm³/mol. The van der Waals surface area contributed by atoms with Crippen LogP contribution in [0.1, 0.15) is 68.6 Å². The second kappa shape index (κ2) is 10.3. The van der Waals surface area contributed by atoms with Crippen LogP contribution in [0.25, 0.3) is 10.9 Å². The van der Waals surface area contributed by atoms with Crippen LogP contribution in [0.2, 0.25) is 0 Å². The number of hydrogen-bond donors (Lipinski definition) is 4. The van der Waals surface area contributed by atoms with Crippen LogP contribution in [-0.4, -0.2) is 33.1 Å². The summed E-state index contributed by atoms with van der Waals surface area (Å²) in [7, 11) is 0. The van der Waals surface area contributed by atoms with Crippen molar-refractivity contribution in [2.45, 2.75) is 51.6 Å². The van der Waals surface area contributed by atoms with Gasteiger partial charge < -0.3 is 21.8 Å². The fraction of sp³-hybridized carbons (Fsp3) is 0.286. The van der Waals surface area contributed by atoms with E-state index in [1.165, 1.54) is 4.90 Å². The summed E-state index contributed by atoms with van der Waals surface area (Å²) in [6.45, 7) is 3.82. The maximum Gasteiger partial charge on any atom is 0.273 e. The van der Waals surface area contributed by atoms with E-state index >= 15 is 0 Å². The Morgan fingerprint density at radius 2 is 1.87 bits per heavy atom. The minimum atomic E-state index is -1.02. The summed E-state index contributed by atoms with van der Waals surface area (Å²) in [6, 6.07) is 12.4. The number of nitrogens with two attached hydrogens (primary N) is 2. The lowest BCUT2D eigenvalue weighted by Gasteiger charge is -2.33. The summed E-state index contributed by atoms with van der Waals surface area (Å²) in [5.74, 6) is -1.63. The highest BCUT2D eigenvalue weighted by Gasteiger charge is 2.38. The number of rotatable bonds is 7. The first-order chi connectivity index (χ1) is 18.3. The highest BCUT2D eigenvalue weighted by molar-refractivity contribution is 7.09. The molecule has 196 valence electrons. The number of aromatic amines is 1. The Labute approximate surface area is 224 Å². The van der Waals surface area contributed by atoms with E-state index in [2.05, 4.69) is 14.7 Å². The van der Waals surface area contributed by atoms with E-state index in [9.17, 15) is 14.4 Å². The van der Waals surface area contributed by atoms with E-state index in [4.69, 9.17) is 11.5 Å². The van der Waals surface area contributed by atoms with E-state index in [-0.39, 0.29) is 28.2 Å². The Morgan fingerprint density at radius 1 is 1.13 bits per heavy atom. The number of hydrogen-bond acceptors (Lipinski definition) is 6. The average Bonchev–Trinajstić information content (AvgIpc) is 3.64. The number of fused-ring (bicyclic) bond motifs is 1. The van der Waals surface area contributed by atoms with Gasteiger partial charge in [0.05, 0.1) is 5.69 Å². The Morgan fingerprint density at radius 3 is 2.58 bits per heavy atom. The van der Waals surface area contributed by atoms with Crippen molar-refractivity contribution in [3.8, 4) is 0 Å². The number of aromatic nitrogens is 2. The van der Waals surface area contributed by atoms with Gasteiger partial charge in [0.1, 0.15) is 10.9 Å². The normalized spacial score (nSPS) is 14.5. The number of aryl methyl sites for hydroxylation is 2. The number of para-hydroxylation sites is 1. The number of amides is 3. The Bertz CT molecular complexity index is 1530. The summed E-state index contributed by atoms with van der Waals surface area (Å²) >= 11 is 0.802. The number of benzene rings is 2. The fourth-order valence-corrected chi connectivity index (χ4v) is 5.89. The van der Waals surface area contributed by atoms with Crippen LogP contribution in [-0.2, 0) is 4.79 Å². The molecule has 0 saturated heterocycles. The average molecular weight is 531 g/mol. The maximum absolute atomic E-state index is 14.4. The van der Waals surface area contributed by atoms with Gasteiger partial charge >= 0.3 is 0 Å². The molecule has 10 heteroatoms. The van der Waals surface area contributed by atoms with E-state index in [1.54, 1.807) is 6.20 Å². The molecular formula is C28H30N6O3S. The number of primary amides is 1. The third-order valence-electron chi connectivity index (χ3n) is 7.12. The number of anilines is 2. The monoisotopic (exact) mass is 530 g/mol. The Hall–Kier alpha value is -4.18. The first kappa shape index (κ1) is 25.5. The summed E-state index contributed by atoms with van der Waals surface area (Å²) in [5, 5.41) is 4.03. The zero-order chi connectivity index (χ0) is 27.0. The molecule has 0 unspecified atom stereocenters. The zero-order valence-electron chi connectivity index (χ0n) is 21.3. The van der Waals surface area contributed by atoms with Crippen molar-refractivity contribution in [3.63, 3.8) is 0 Å². The molecule has 1 atom stereocenters. The summed E-state index contributed by atoms with van der Waals surface area (Å²) in [6.07, 6.45) is 5.67. The number of carbonyl (C=O) groups excluding carboxylic acids is 3. The molecule has 0 spiro atoms. The lowest BCUT2D eigenvalue weighted by molar-refractivity contribution is -0.123. The lowest BCUT2D eigenvalue weighted by Crippen LogP contribution is -2.46. The molecule has 2 aromatic heterocycles. The molecule has 4 aromatic rings. The number of nitrogen functional groups attached to an aromatic ring is 1. The van der Waals surface area contributed by atoms with Gasteiger partial charge in [-0.2, -0.15) is 4.37 Å². The third kappa shape index (κ3) is 4.63. The molecule has 0 bridgehead atoms. The van der Waals surface area contributed by atoms with Gasteiger partial charge in [0.15, 0.2) is 5.69 Å². The van der Waals surface area contributed by atoms with Crippen molar-refractivity contribution >= 4 is 51.5 Å². The standard InChI is InChI=1S/C28H30N6O3S/c1-15-11-12-16(2)21(13-15)34(28(37)25-22(29)23(26(30)35)33-38-25)24(27(36)32-17-7-3-4-8-17)19-14-31-20-10-6-5-9-18(19)20/h5-6,9-14,17,24,31H,3-4,7-8,29H2,1-2H3,(H2,30,35)(H,32,36)/t24-/m1/s1. The van der Waals surface area contributed by atoms with Crippen molar-refractivity contribution < 1.29 is 14.4 Å². The van der Waals surface area contributed by atoms with E-state index < -0.39 is 17.9 Å². The molecule has 1 fully saturated rings. The Kier molecular flexibility index (Phi) is 6.90. The van der Waals surface area contributed by atoms with Gasteiger partial charge in [-0.25, -0.2) is 0 Å². The minimum absolute atomic E-state index is 0.0423. The van der Waals surface area contributed by atoms with Crippen molar-refractivity contribution in [2.24, 2.45) is 5.73 Å². The van der Waals surface area contributed by atoms with E-state index in [1.807, 2.05) is 56.3 Å². The van der Waals surface area contributed by atoms with Crippen molar-refractivity contribution in [3.05, 3.63) is 75.9 Å². The van der Waals surface area contributed by atoms with Gasteiger partial charge in [0.25, 0.3) is 11.8 Å². The Balaban J connectivity index is 1.72. The molecule has 2 aromatic carbocycles. The number of nitrogens with zero attached hydrogens (tertiary/aromatic N) is 2. The molecule has 0 radical (unpaired) electrons. The second-order valence-corrected chi connectivity index (χ2v) is 10.6. The first-order valence-electron chi connectivity index (χ1n) is 12.6. The SMILES string of the molecule is Cc1ccc(C)c(N(C(=O)c2snc(C(N)=O)c2N)[C@@H](C(=O)NC2CCCC2)c2c[nH]c3ccccc23)c1. The smallest absolute Gasteiger partial charge is 0.273 e. The summed E-state index contributed by atoms with van der Waals surface area (Å²) in [4.78, 5) is 45.1. The van der Waals surface area contributed by atoms with Gasteiger partial charge in [-0.15, -0.1) is 0 Å². The molecule has 0 aliphatic heterocycles. The van der Waals surface area contributed by atoms with Crippen molar-refractivity contribution in [2.75, 3.05) is 10.6 Å². The van der Waals surface area contributed by atoms with Gasteiger partial charge in [0.2, 0.25) is 5.91 Å². The summed E-state index contributed by atoms with van der Waals surface area (Å²) < 4.78 is 4.04. The van der Waals surface area contributed by atoms with Gasteiger partial charge in [-0.1, -0.05) is 43.2 Å². The molecule has 2 heterocycles. The summed E-state index contributed by atoms with van der Waals surface area (Å²) in [5.41, 5.74) is 15.2. The zero-order valence-corrected chi connectivity index (χ0v) is 22.1. The molecule has 5 rings (SSSR count). The lowest BCUT2D eigenvalue weighted by atomic mass is 9.99. The van der Waals surface area contributed by atoms with E-state index in [0.29, 0.717) is 11.3 Å². The number of H-pyrrole nitrogens is 1. The molecule has 6 N–H and O–H groups in total. The van der Waals surface area contributed by atoms with Crippen LogP contribution in [0.15, 0.2) is 48.7 Å². The fourth-order valence-electron chi connectivity index (χ4n) is 5.15. The van der Waals surface area contributed by atoms with Crippen LogP contribution >= 0.6 is 11.5 Å². The molecular weight excluding hydrogens is 500 g/mol. The molecule has 1 saturated carbocycles. The maximum atomic E-state index is 14.4. The molecule has 3 amide bonds. The molecule has 1 aliphatic rings. The number of nitrogens with one attached hydrogen (secondary N) is 2. The highest BCUT2D eigenvalue weighted by atomic mass is 32.1. The molecule has 38 heavy (non-hydrogen) atoms. The largest absolute Gasteiger partial charge is 0.395 e. The molecule has 9 nitrogen and oxygen atoms in total. The van der Waals surface area contributed by atoms with Gasteiger partial charge in [0, 0.05) is 34.4 Å². The minimum Gasteiger partial charge on any atom is -0.395 e. The van der Waals surface area contributed by atoms with Crippen molar-refractivity contribution in [1.29, 1.82) is 0 Å². The topological polar surface area (TPSA) is 147 Å². The van der Waals surface area contributed by atoms with Gasteiger partial charge in [-0.3, -0.25) is 19.3 Å². The third-order valence-corrected chi connectivity index (χ3v) is 7.97. The van der Waals surface area contributed by atoms with E-state index in [0.717, 1.165) is 59.2 Å². The van der Waals surface area contributed by atoms with Crippen LogP contribution in [0.4, 0.5) is 11.4 Å². The molecule has 1 aliphatic carbocycles. The highest BCUT2D eigenvalue weighted by Crippen LogP contribution is 2.38. The van der Waals surface area contributed by atoms with Gasteiger partial charge in [-0.05, 0) is 61.5 Å². The number of carbonyl (C=O) groups is 3. The van der Waals surface area contributed by atoms with Crippen LogP contribution in [0.3, 0.4) is 0 Å². The second-order valence-electron chi connectivity index (χ2n) is 9.79. The van der Waals surface area contributed by atoms with Crippen LogP contribution in [0.5, 0.6) is 0 Å². The van der Waals surface area contributed by atoms with Crippen LogP contribution < -0.4 is 21.7 Å². The predicted octanol–water partition coefficient (Wildman–Crippen LogP) is 4.37.